The number of benzene rings is 1. The van der Waals surface area contributed by atoms with Crippen LogP contribution < -0.4 is 5.46 Å². The topological polar surface area (TPSA) is 0 Å². The molecule has 0 aliphatic rings. The normalized spacial score (nSPS) is 10.2. The number of rotatable bonds is 0. The summed E-state index contributed by atoms with van der Waals surface area (Å²) in [6.07, 6.45) is 0. The molecule has 0 saturated carbocycles. The van der Waals surface area contributed by atoms with Gasteiger partial charge in [-0.25, -0.2) is 4.39 Å². The van der Waals surface area contributed by atoms with E-state index >= 15 is 0 Å². The Bertz CT molecular complexity index is 270. The van der Waals surface area contributed by atoms with Crippen LogP contribution in [0.3, 0.4) is 0 Å². The second kappa shape index (κ2) is 2.98. The van der Waals surface area contributed by atoms with E-state index in [0.29, 0.717) is 11.0 Å². The van der Waals surface area contributed by atoms with Crippen molar-refractivity contribution in [1.82, 2.24) is 0 Å². The molecule has 0 aliphatic heterocycles. The van der Waals surface area contributed by atoms with Crippen molar-refractivity contribution in [2.75, 3.05) is 0 Å². The minimum absolute atomic E-state index is 0.264. The third-order valence-corrected chi connectivity index (χ3v) is 2.92. The van der Waals surface area contributed by atoms with Gasteiger partial charge in [0.15, 0.2) is 0 Å². The average molecular weight is 213 g/mol. The Morgan fingerprint density at radius 2 is 1.91 bits per heavy atom. The fraction of sp³-hybridized carbons (Fsp3) is 0.250. The summed E-state index contributed by atoms with van der Waals surface area (Å²) in [4.78, 5) is 0. The molecule has 1 rings (SSSR count). The van der Waals surface area contributed by atoms with Crippen LogP contribution in [0.2, 0.25) is 0 Å². The first-order valence-corrected chi connectivity index (χ1v) is 4.04. The quantitative estimate of drug-likeness (QED) is 0.578. The SMILES string of the molecule is [B]c1cc(F)c(C)c(Br)c1C. The molecule has 1 aromatic rings. The van der Waals surface area contributed by atoms with Crippen molar-refractivity contribution in [3.63, 3.8) is 0 Å². The van der Waals surface area contributed by atoms with Crippen molar-refractivity contribution in [2.24, 2.45) is 0 Å². The van der Waals surface area contributed by atoms with Gasteiger partial charge in [0.25, 0.3) is 0 Å². The Labute approximate surface area is 75.3 Å². The summed E-state index contributed by atoms with van der Waals surface area (Å²) in [5, 5.41) is 0. The molecule has 0 atom stereocenters. The molecule has 0 unspecified atom stereocenters. The minimum Gasteiger partial charge on any atom is -0.207 e. The van der Waals surface area contributed by atoms with E-state index in [4.69, 9.17) is 7.85 Å². The number of halogens is 2. The van der Waals surface area contributed by atoms with E-state index in [2.05, 4.69) is 15.9 Å². The lowest BCUT2D eigenvalue weighted by Crippen LogP contribution is -2.10. The van der Waals surface area contributed by atoms with Crippen LogP contribution in [0.4, 0.5) is 4.39 Å². The Balaban J connectivity index is 3.46. The van der Waals surface area contributed by atoms with Crippen molar-refractivity contribution in [3.8, 4) is 0 Å². The summed E-state index contributed by atoms with van der Waals surface area (Å²) in [6, 6.07) is 1.34. The molecule has 3 heteroatoms. The van der Waals surface area contributed by atoms with E-state index in [0.717, 1.165) is 10.0 Å². The van der Waals surface area contributed by atoms with Crippen LogP contribution in [-0.4, -0.2) is 7.85 Å². The summed E-state index contributed by atoms with van der Waals surface area (Å²) in [5.74, 6) is -0.264. The van der Waals surface area contributed by atoms with Crippen molar-refractivity contribution < 1.29 is 4.39 Å². The monoisotopic (exact) mass is 212 g/mol. The van der Waals surface area contributed by atoms with Gasteiger partial charge < -0.3 is 0 Å². The van der Waals surface area contributed by atoms with Crippen molar-refractivity contribution in [3.05, 3.63) is 27.5 Å². The largest absolute Gasteiger partial charge is 0.207 e. The first kappa shape index (κ1) is 8.79. The smallest absolute Gasteiger partial charge is 0.126 e. The molecule has 0 N–H and O–H groups in total. The predicted molar refractivity (Wildman–Crippen MR) is 49.0 cm³/mol. The third-order valence-electron chi connectivity index (χ3n) is 1.73. The van der Waals surface area contributed by atoms with Gasteiger partial charge in [0.2, 0.25) is 0 Å². The van der Waals surface area contributed by atoms with Crippen LogP contribution in [0.15, 0.2) is 10.5 Å². The highest BCUT2D eigenvalue weighted by molar-refractivity contribution is 9.10. The van der Waals surface area contributed by atoms with Gasteiger partial charge in [-0.2, -0.15) is 0 Å². The van der Waals surface area contributed by atoms with Crippen LogP contribution in [-0.2, 0) is 0 Å². The molecule has 2 radical (unpaired) electrons. The zero-order chi connectivity index (χ0) is 8.59. The van der Waals surface area contributed by atoms with Crippen LogP contribution in [0.1, 0.15) is 11.1 Å². The summed E-state index contributed by atoms with van der Waals surface area (Å²) in [5.41, 5.74) is 1.99. The second-order valence-electron chi connectivity index (χ2n) is 2.51. The highest BCUT2D eigenvalue weighted by Gasteiger charge is 2.06. The average Bonchev–Trinajstić information content (AvgIpc) is 1.97. The molecule has 0 amide bonds. The van der Waals surface area contributed by atoms with E-state index in [-0.39, 0.29) is 5.82 Å². The van der Waals surface area contributed by atoms with Gasteiger partial charge in [-0.1, -0.05) is 21.4 Å². The van der Waals surface area contributed by atoms with Crippen LogP contribution >= 0.6 is 15.9 Å². The van der Waals surface area contributed by atoms with E-state index in [1.165, 1.54) is 6.07 Å². The summed E-state index contributed by atoms with van der Waals surface area (Å²) >= 11 is 3.26. The maximum Gasteiger partial charge on any atom is 0.126 e. The molecule has 1 aromatic carbocycles. The van der Waals surface area contributed by atoms with E-state index in [1.54, 1.807) is 6.92 Å². The highest BCUT2D eigenvalue weighted by atomic mass is 79.9. The van der Waals surface area contributed by atoms with Gasteiger partial charge in [0.05, 0.1) is 0 Å². The Kier molecular flexibility index (Phi) is 2.38. The predicted octanol–water partition coefficient (Wildman–Crippen LogP) is 2.00. The van der Waals surface area contributed by atoms with Crippen molar-refractivity contribution >= 4 is 29.2 Å². The second-order valence-corrected chi connectivity index (χ2v) is 3.30. The zero-order valence-corrected chi connectivity index (χ0v) is 8.00. The van der Waals surface area contributed by atoms with Gasteiger partial charge in [-0.3, -0.25) is 0 Å². The fourth-order valence-corrected chi connectivity index (χ4v) is 1.28. The van der Waals surface area contributed by atoms with Gasteiger partial charge >= 0.3 is 0 Å². The van der Waals surface area contributed by atoms with Crippen LogP contribution in [0.25, 0.3) is 0 Å². The molecule has 0 spiro atoms. The Morgan fingerprint density at radius 1 is 1.36 bits per heavy atom. The standard InChI is InChI=1S/C8H7BBrF/c1-4-6(9)3-7(11)5(2)8(4)10/h3H,1-2H3. The summed E-state index contributed by atoms with van der Waals surface area (Å²) in [7, 11) is 5.52. The molecule has 0 aliphatic carbocycles. The molecule has 56 valence electrons. The highest BCUT2D eigenvalue weighted by Crippen LogP contribution is 2.20. The maximum atomic E-state index is 12.9. The van der Waals surface area contributed by atoms with E-state index in [1.807, 2.05) is 6.92 Å². The fourth-order valence-electron chi connectivity index (χ4n) is 0.866. The lowest BCUT2D eigenvalue weighted by Gasteiger charge is -2.07. The lowest BCUT2D eigenvalue weighted by molar-refractivity contribution is 0.618. The molecule has 0 saturated heterocycles. The lowest BCUT2D eigenvalue weighted by atomic mass is 9.90. The first-order chi connectivity index (χ1) is 5.04. The van der Waals surface area contributed by atoms with Crippen LogP contribution in [0.5, 0.6) is 0 Å². The van der Waals surface area contributed by atoms with Crippen molar-refractivity contribution in [1.29, 1.82) is 0 Å². The molecule has 0 heterocycles. The third kappa shape index (κ3) is 1.48. The molecule has 0 aromatic heterocycles. The van der Waals surface area contributed by atoms with Crippen LogP contribution in [0, 0.1) is 19.7 Å². The van der Waals surface area contributed by atoms with Gasteiger partial charge in [-0.05, 0) is 31.0 Å². The molecule has 0 bridgehead atoms. The van der Waals surface area contributed by atoms with E-state index in [9.17, 15) is 4.39 Å². The molecular formula is C8H7BBrF. The molecule has 11 heavy (non-hydrogen) atoms. The Hall–Kier alpha value is -0.305. The van der Waals surface area contributed by atoms with Gasteiger partial charge in [0.1, 0.15) is 13.7 Å². The summed E-state index contributed by atoms with van der Waals surface area (Å²) in [6.45, 7) is 3.57. The van der Waals surface area contributed by atoms with Crippen molar-refractivity contribution in [2.45, 2.75) is 13.8 Å². The first-order valence-electron chi connectivity index (χ1n) is 3.24. The number of hydrogen-bond donors (Lipinski definition) is 0. The molecule has 0 nitrogen and oxygen atoms in total. The molecular weight excluding hydrogens is 206 g/mol. The summed E-state index contributed by atoms with van der Waals surface area (Å²) < 4.78 is 13.7. The maximum absolute atomic E-state index is 12.9. The molecule has 0 fully saturated rings. The van der Waals surface area contributed by atoms with E-state index < -0.39 is 0 Å². The van der Waals surface area contributed by atoms with Gasteiger partial charge in [-0.15, -0.1) is 0 Å². The zero-order valence-electron chi connectivity index (χ0n) is 6.41. The minimum atomic E-state index is -0.264. The van der Waals surface area contributed by atoms with Gasteiger partial charge in [0, 0.05) is 4.47 Å². The number of hydrogen-bond acceptors (Lipinski definition) is 0. The Morgan fingerprint density at radius 3 is 2.45 bits per heavy atom.